The van der Waals surface area contributed by atoms with Crippen LogP contribution in [0, 0.1) is 5.92 Å². The third-order valence-electron chi connectivity index (χ3n) is 4.40. The minimum Gasteiger partial charge on any atom is -0.493 e. The number of hydrogen-bond donors (Lipinski definition) is 1. The summed E-state index contributed by atoms with van der Waals surface area (Å²) < 4.78 is 10.5. The van der Waals surface area contributed by atoms with Crippen molar-refractivity contribution in [2.45, 2.75) is 19.8 Å². The van der Waals surface area contributed by atoms with Gasteiger partial charge in [-0.15, -0.1) is 0 Å². The number of likely N-dealkylation sites (tertiary alicyclic amines) is 1. The largest absolute Gasteiger partial charge is 0.493 e. The SMILES string of the molecule is CCNC(=O)C1CCN(C(=O)/C=C/c2cc(Cl)c(OC)c(OC)c2)CC1. The summed E-state index contributed by atoms with van der Waals surface area (Å²) in [5.41, 5.74) is 0.748. The normalized spacial score (nSPS) is 15.2. The van der Waals surface area contributed by atoms with Gasteiger partial charge in [-0.05, 0) is 43.5 Å². The summed E-state index contributed by atoms with van der Waals surface area (Å²) >= 11 is 6.18. The fourth-order valence-corrected chi connectivity index (χ4v) is 3.28. The lowest BCUT2D eigenvalue weighted by Crippen LogP contribution is -2.42. The van der Waals surface area contributed by atoms with Crippen molar-refractivity contribution in [3.63, 3.8) is 0 Å². The van der Waals surface area contributed by atoms with Crippen molar-refractivity contribution < 1.29 is 19.1 Å². The molecule has 142 valence electrons. The zero-order valence-electron chi connectivity index (χ0n) is 15.4. The molecular weight excluding hydrogens is 356 g/mol. The first-order valence-electron chi connectivity index (χ1n) is 8.66. The molecule has 0 unspecified atom stereocenters. The molecule has 7 heteroatoms. The predicted molar refractivity (Wildman–Crippen MR) is 102 cm³/mol. The summed E-state index contributed by atoms with van der Waals surface area (Å²) in [6.45, 7) is 3.70. The van der Waals surface area contributed by atoms with Gasteiger partial charge in [0, 0.05) is 31.6 Å². The average Bonchev–Trinajstić information content (AvgIpc) is 2.65. The molecule has 1 aromatic rings. The van der Waals surface area contributed by atoms with E-state index in [1.54, 1.807) is 23.1 Å². The quantitative estimate of drug-likeness (QED) is 0.770. The molecule has 1 saturated heterocycles. The molecule has 0 saturated carbocycles. The minimum absolute atomic E-state index is 0.00682. The van der Waals surface area contributed by atoms with E-state index in [0.717, 1.165) is 5.56 Å². The molecule has 26 heavy (non-hydrogen) atoms. The maximum atomic E-state index is 12.4. The lowest BCUT2D eigenvalue weighted by Gasteiger charge is -2.30. The van der Waals surface area contributed by atoms with Crippen molar-refractivity contribution in [3.05, 3.63) is 28.8 Å². The van der Waals surface area contributed by atoms with Crippen LogP contribution in [0.15, 0.2) is 18.2 Å². The van der Waals surface area contributed by atoms with Crippen LogP contribution in [0.3, 0.4) is 0 Å². The molecule has 0 atom stereocenters. The van der Waals surface area contributed by atoms with Crippen LogP contribution in [0.5, 0.6) is 11.5 Å². The topological polar surface area (TPSA) is 67.9 Å². The lowest BCUT2D eigenvalue weighted by atomic mass is 9.96. The number of piperidine rings is 1. The molecule has 6 nitrogen and oxygen atoms in total. The molecule has 0 radical (unpaired) electrons. The first kappa shape index (κ1) is 20.1. The third-order valence-corrected chi connectivity index (χ3v) is 4.68. The Morgan fingerprint density at radius 3 is 2.54 bits per heavy atom. The minimum atomic E-state index is -0.0785. The van der Waals surface area contributed by atoms with Gasteiger partial charge in [-0.2, -0.15) is 0 Å². The number of carbonyl (C=O) groups is 2. The number of nitrogens with zero attached hydrogens (tertiary/aromatic N) is 1. The second kappa shape index (κ2) is 9.48. The molecule has 1 fully saturated rings. The zero-order valence-corrected chi connectivity index (χ0v) is 16.1. The standard InChI is InChI=1S/C19H25ClN2O4/c1-4-21-19(24)14-7-9-22(10-8-14)17(23)6-5-13-11-15(20)18(26-3)16(12-13)25-2/h5-6,11-12,14H,4,7-10H2,1-3H3,(H,21,24)/b6-5+. The van der Waals surface area contributed by atoms with Gasteiger partial charge in [0.05, 0.1) is 19.2 Å². The van der Waals surface area contributed by atoms with Gasteiger partial charge in [-0.1, -0.05) is 11.6 Å². The van der Waals surface area contributed by atoms with Crippen LogP contribution >= 0.6 is 11.6 Å². The van der Waals surface area contributed by atoms with E-state index in [9.17, 15) is 9.59 Å². The van der Waals surface area contributed by atoms with E-state index in [1.807, 2.05) is 6.92 Å². The Morgan fingerprint density at radius 2 is 1.96 bits per heavy atom. The van der Waals surface area contributed by atoms with Gasteiger partial charge >= 0.3 is 0 Å². The highest BCUT2D eigenvalue weighted by molar-refractivity contribution is 6.32. The van der Waals surface area contributed by atoms with Crippen LogP contribution in [0.4, 0.5) is 0 Å². The summed E-state index contributed by atoms with van der Waals surface area (Å²) in [5, 5.41) is 3.26. The summed E-state index contributed by atoms with van der Waals surface area (Å²) in [4.78, 5) is 26.0. The number of amides is 2. The number of benzene rings is 1. The van der Waals surface area contributed by atoms with Gasteiger partial charge in [0.15, 0.2) is 11.5 Å². The van der Waals surface area contributed by atoms with Gasteiger partial charge in [0.1, 0.15) is 0 Å². The highest BCUT2D eigenvalue weighted by Crippen LogP contribution is 2.36. The van der Waals surface area contributed by atoms with E-state index in [2.05, 4.69) is 5.32 Å². The second-order valence-corrected chi connectivity index (χ2v) is 6.47. The highest BCUT2D eigenvalue weighted by atomic mass is 35.5. The fraction of sp³-hybridized carbons (Fsp3) is 0.474. The first-order valence-corrected chi connectivity index (χ1v) is 9.04. The number of halogens is 1. The summed E-state index contributed by atoms with van der Waals surface area (Å²) in [7, 11) is 3.05. The van der Waals surface area contributed by atoms with Gasteiger partial charge in [-0.25, -0.2) is 0 Å². The fourth-order valence-electron chi connectivity index (χ4n) is 2.99. The number of rotatable bonds is 6. The number of nitrogens with one attached hydrogen (secondary N) is 1. The van der Waals surface area contributed by atoms with E-state index in [4.69, 9.17) is 21.1 Å². The maximum Gasteiger partial charge on any atom is 0.246 e. The maximum absolute atomic E-state index is 12.4. The molecule has 0 spiro atoms. The molecule has 0 aromatic heterocycles. The molecule has 1 N–H and O–H groups in total. The van der Waals surface area contributed by atoms with Crippen molar-refractivity contribution in [2.75, 3.05) is 33.9 Å². The van der Waals surface area contributed by atoms with Crippen LogP contribution in [0.1, 0.15) is 25.3 Å². The van der Waals surface area contributed by atoms with Crippen LogP contribution in [-0.2, 0) is 9.59 Å². The molecule has 1 aromatic carbocycles. The molecule has 0 bridgehead atoms. The van der Waals surface area contributed by atoms with E-state index < -0.39 is 0 Å². The molecule has 1 aliphatic heterocycles. The number of carbonyl (C=O) groups excluding carboxylic acids is 2. The van der Waals surface area contributed by atoms with E-state index in [0.29, 0.717) is 49.0 Å². The van der Waals surface area contributed by atoms with E-state index in [1.165, 1.54) is 20.3 Å². The lowest BCUT2D eigenvalue weighted by molar-refractivity contribution is -0.132. The Bertz CT molecular complexity index is 682. The smallest absolute Gasteiger partial charge is 0.246 e. The highest BCUT2D eigenvalue weighted by Gasteiger charge is 2.26. The zero-order chi connectivity index (χ0) is 19.1. The van der Waals surface area contributed by atoms with Crippen molar-refractivity contribution in [2.24, 2.45) is 5.92 Å². The Labute approximate surface area is 159 Å². The molecule has 2 amide bonds. The first-order chi connectivity index (χ1) is 12.5. The Balaban J connectivity index is 1.98. The summed E-state index contributed by atoms with van der Waals surface area (Å²) in [6.07, 6.45) is 4.59. The molecule has 1 heterocycles. The van der Waals surface area contributed by atoms with Crippen molar-refractivity contribution in [1.82, 2.24) is 10.2 Å². The monoisotopic (exact) mass is 380 g/mol. The van der Waals surface area contributed by atoms with Crippen molar-refractivity contribution in [1.29, 1.82) is 0 Å². The van der Waals surface area contributed by atoms with E-state index >= 15 is 0 Å². The average molecular weight is 381 g/mol. The molecule has 0 aliphatic carbocycles. The van der Waals surface area contributed by atoms with Crippen LogP contribution in [-0.4, -0.2) is 50.6 Å². The number of hydrogen-bond acceptors (Lipinski definition) is 4. The van der Waals surface area contributed by atoms with Gasteiger partial charge in [-0.3, -0.25) is 9.59 Å². The molecule has 1 aliphatic rings. The number of ether oxygens (including phenoxy) is 2. The van der Waals surface area contributed by atoms with Gasteiger partial charge in [0.2, 0.25) is 11.8 Å². The van der Waals surface area contributed by atoms with Crippen LogP contribution in [0.25, 0.3) is 6.08 Å². The van der Waals surface area contributed by atoms with Crippen LogP contribution < -0.4 is 14.8 Å². The number of methoxy groups -OCH3 is 2. The Kier molecular flexibility index (Phi) is 7.33. The van der Waals surface area contributed by atoms with Gasteiger partial charge in [0.25, 0.3) is 0 Å². The molecule has 2 rings (SSSR count). The van der Waals surface area contributed by atoms with Crippen LogP contribution in [0.2, 0.25) is 5.02 Å². The van der Waals surface area contributed by atoms with E-state index in [-0.39, 0.29) is 17.7 Å². The predicted octanol–water partition coefficient (Wildman–Crippen LogP) is 2.75. The summed E-state index contributed by atoms with van der Waals surface area (Å²) in [5.74, 6) is 0.966. The van der Waals surface area contributed by atoms with Crippen molar-refractivity contribution >= 4 is 29.5 Å². The Hall–Kier alpha value is -2.21. The van der Waals surface area contributed by atoms with Crippen molar-refractivity contribution in [3.8, 4) is 11.5 Å². The Morgan fingerprint density at radius 1 is 1.27 bits per heavy atom. The molecular formula is C19H25ClN2O4. The third kappa shape index (κ3) is 4.91. The van der Waals surface area contributed by atoms with Gasteiger partial charge < -0.3 is 19.7 Å². The summed E-state index contributed by atoms with van der Waals surface area (Å²) in [6, 6.07) is 3.48. The second-order valence-electron chi connectivity index (χ2n) is 6.07.